The van der Waals surface area contributed by atoms with Gasteiger partial charge < -0.3 is 19.7 Å². The zero-order valence-corrected chi connectivity index (χ0v) is 19.6. The Morgan fingerprint density at radius 1 is 0.939 bits per heavy atom. The van der Waals surface area contributed by atoms with Crippen molar-refractivity contribution in [3.63, 3.8) is 0 Å². The first-order valence-corrected chi connectivity index (χ1v) is 10.8. The van der Waals surface area contributed by atoms with Gasteiger partial charge in [0.25, 0.3) is 0 Å². The number of halogens is 1. The highest BCUT2D eigenvalue weighted by Gasteiger charge is 2.22. The molecule has 0 aliphatic carbocycles. The molecule has 0 radical (unpaired) electrons. The minimum atomic E-state index is 0.146. The monoisotopic (exact) mass is 471 g/mol. The van der Waals surface area contributed by atoms with Gasteiger partial charge in [0.15, 0.2) is 11.5 Å². The second kappa shape index (κ2) is 10.7. The van der Waals surface area contributed by atoms with E-state index in [0.717, 1.165) is 35.4 Å². The summed E-state index contributed by atoms with van der Waals surface area (Å²) in [6, 6.07) is 12.0. The number of benzene rings is 2. The number of anilines is 2. The van der Waals surface area contributed by atoms with Gasteiger partial charge in [-0.25, -0.2) is 9.78 Å². The Labute approximate surface area is 197 Å². The molecule has 1 N–H and O–H groups in total. The van der Waals surface area contributed by atoms with Gasteiger partial charge in [-0.3, -0.25) is 0 Å². The largest absolute Gasteiger partial charge is 0.493 e. The maximum atomic E-state index is 6.22. The first kappa shape index (κ1) is 23.0. The summed E-state index contributed by atoms with van der Waals surface area (Å²) in [4.78, 5) is 24.8. The van der Waals surface area contributed by atoms with Crippen LogP contribution >= 0.6 is 11.6 Å². The van der Waals surface area contributed by atoms with Crippen molar-refractivity contribution in [2.75, 3.05) is 38.1 Å². The molecule has 0 saturated carbocycles. The van der Waals surface area contributed by atoms with Crippen molar-refractivity contribution in [3.8, 4) is 11.5 Å². The second-order valence-corrected chi connectivity index (χ2v) is 7.81. The molecule has 2 aromatic carbocycles. The van der Waals surface area contributed by atoms with Gasteiger partial charge in [-0.2, -0.15) is 15.0 Å². The van der Waals surface area contributed by atoms with Crippen LogP contribution < -0.4 is 19.7 Å². The highest BCUT2D eigenvalue weighted by molar-refractivity contribution is 6.28. The van der Waals surface area contributed by atoms with Crippen LogP contribution in [0.15, 0.2) is 36.4 Å². The summed E-state index contributed by atoms with van der Waals surface area (Å²) in [7, 11) is 4.77. The molecule has 10 heteroatoms. The summed E-state index contributed by atoms with van der Waals surface area (Å²) in [5, 5.41) is 3.38. The number of hydrogen-bond acceptors (Lipinski definition) is 9. The van der Waals surface area contributed by atoms with Crippen LogP contribution in [0.25, 0.3) is 0 Å². The minimum absolute atomic E-state index is 0.146. The van der Waals surface area contributed by atoms with E-state index >= 15 is 0 Å². The van der Waals surface area contributed by atoms with E-state index in [9.17, 15) is 0 Å². The van der Waals surface area contributed by atoms with Gasteiger partial charge in [-0.15, -0.1) is 0 Å². The molecule has 174 valence electrons. The van der Waals surface area contributed by atoms with Gasteiger partial charge in [0.1, 0.15) is 6.61 Å². The molecule has 1 aliphatic heterocycles. The number of nitrogens with one attached hydrogen (secondary N) is 1. The number of fused-ring (bicyclic) bond motifs is 1. The van der Waals surface area contributed by atoms with E-state index in [2.05, 4.69) is 30.1 Å². The Hall–Kier alpha value is -3.14. The van der Waals surface area contributed by atoms with Gasteiger partial charge in [-0.1, -0.05) is 24.3 Å². The lowest BCUT2D eigenvalue weighted by molar-refractivity contribution is -0.282. The number of hydrogen-bond donors (Lipinski definition) is 1. The summed E-state index contributed by atoms with van der Waals surface area (Å²) in [6.07, 6.45) is 0.834. The average molecular weight is 472 g/mol. The maximum Gasteiger partial charge on any atom is 0.231 e. The summed E-state index contributed by atoms with van der Waals surface area (Å²) < 4.78 is 10.9. The predicted molar refractivity (Wildman–Crippen MR) is 125 cm³/mol. The average Bonchev–Trinajstić information content (AvgIpc) is 2.85. The van der Waals surface area contributed by atoms with E-state index in [1.807, 2.05) is 36.4 Å². The van der Waals surface area contributed by atoms with Crippen molar-refractivity contribution >= 4 is 23.5 Å². The third-order valence-electron chi connectivity index (χ3n) is 5.41. The smallest absolute Gasteiger partial charge is 0.231 e. The Balaban J connectivity index is 1.45. The standard InChI is InChI=1S/C23H26ClN5O4/c1-30-19-10-17-8-9-29(13-18(17)11-20(19)31-2)23-27-21(24)26-22(28-23)25-12-15-4-6-16(7-5-15)14-33-32-3/h4-7,10-11H,8-9,12-14H2,1-3H3,(H,25,26,27,28). The summed E-state index contributed by atoms with van der Waals surface area (Å²) in [5.74, 6) is 2.40. The molecule has 0 fully saturated rings. The van der Waals surface area contributed by atoms with Crippen molar-refractivity contribution < 1.29 is 19.2 Å². The molecule has 3 aromatic rings. The molecule has 0 spiro atoms. The molecule has 33 heavy (non-hydrogen) atoms. The molecule has 9 nitrogen and oxygen atoms in total. The van der Waals surface area contributed by atoms with Crippen molar-refractivity contribution in [3.05, 3.63) is 63.9 Å². The van der Waals surface area contributed by atoms with Crippen LogP contribution in [-0.4, -0.2) is 42.8 Å². The zero-order valence-electron chi connectivity index (χ0n) is 18.8. The third-order valence-corrected chi connectivity index (χ3v) is 5.58. The molecule has 0 amide bonds. The molecule has 4 rings (SSSR count). The lowest BCUT2D eigenvalue weighted by Gasteiger charge is -2.29. The molecule has 2 heterocycles. The number of aromatic nitrogens is 3. The number of methoxy groups -OCH3 is 2. The van der Waals surface area contributed by atoms with Crippen LogP contribution in [0.1, 0.15) is 22.3 Å². The first-order valence-electron chi connectivity index (χ1n) is 10.5. The van der Waals surface area contributed by atoms with E-state index < -0.39 is 0 Å². The summed E-state index contributed by atoms with van der Waals surface area (Å²) >= 11 is 6.22. The van der Waals surface area contributed by atoms with E-state index in [1.165, 1.54) is 12.7 Å². The topological polar surface area (TPSA) is 90.9 Å². The fourth-order valence-electron chi connectivity index (χ4n) is 3.68. The molecule has 0 atom stereocenters. The van der Waals surface area contributed by atoms with Gasteiger partial charge >= 0.3 is 0 Å². The van der Waals surface area contributed by atoms with E-state index in [0.29, 0.717) is 37.3 Å². The molecular formula is C23H26ClN5O4. The van der Waals surface area contributed by atoms with Crippen LogP contribution in [0.5, 0.6) is 11.5 Å². The predicted octanol–water partition coefficient (Wildman–Crippen LogP) is 3.80. The van der Waals surface area contributed by atoms with Crippen molar-refractivity contribution in [2.24, 2.45) is 0 Å². The molecule has 0 bridgehead atoms. The molecule has 0 unspecified atom stereocenters. The SMILES string of the molecule is COOCc1ccc(CNc2nc(Cl)nc(N3CCc4cc(OC)c(OC)cc4C3)n2)cc1. The van der Waals surface area contributed by atoms with Crippen LogP contribution in [0, 0.1) is 0 Å². The normalized spacial score (nSPS) is 12.9. The van der Waals surface area contributed by atoms with E-state index in [-0.39, 0.29) is 5.28 Å². The maximum absolute atomic E-state index is 6.22. The Bertz CT molecular complexity index is 1100. The third kappa shape index (κ3) is 5.62. The molecule has 1 aromatic heterocycles. The lowest BCUT2D eigenvalue weighted by Crippen LogP contribution is -2.32. The van der Waals surface area contributed by atoms with Crippen LogP contribution in [0.2, 0.25) is 5.28 Å². The molecular weight excluding hydrogens is 446 g/mol. The quantitative estimate of drug-likeness (QED) is 0.369. The van der Waals surface area contributed by atoms with Crippen molar-refractivity contribution in [1.29, 1.82) is 0 Å². The fraction of sp³-hybridized carbons (Fsp3) is 0.348. The van der Waals surface area contributed by atoms with Crippen LogP contribution in [-0.2, 0) is 35.9 Å². The van der Waals surface area contributed by atoms with Crippen molar-refractivity contribution in [2.45, 2.75) is 26.1 Å². The highest BCUT2D eigenvalue weighted by atomic mass is 35.5. The van der Waals surface area contributed by atoms with Gasteiger partial charge in [-0.05, 0) is 52.4 Å². The fourth-order valence-corrected chi connectivity index (χ4v) is 3.83. The summed E-state index contributed by atoms with van der Waals surface area (Å²) in [6.45, 7) is 2.34. The van der Waals surface area contributed by atoms with Gasteiger partial charge in [0, 0.05) is 19.6 Å². The molecule has 0 saturated heterocycles. The molecule has 1 aliphatic rings. The van der Waals surface area contributed by atoms with Crippen LogP contribution in [0.4, 0.5) is 11.9 Å². The number of ether oxygens (including phenoxy) is 2. The van der Waals surface area contributed by atoms with Crippen molar-refractivity contribution in [1.82, 2.24) is 15.0 Å². The highest BCUT2D eigenvalue weighted by Crippen LogP contribution is 2.34. The van der Waals surface area contributed by atoms with E-state index in [4.69, 9.17) is 26.0 Å². The van der Waals surface area contributed by atoms with Gasteiger partial charge in [0.2, 0.25) is 17.2 Å². The Morgan fingerprint density at radius 3 is 2.33 bits per heavy atom. The first-order chi connectivity index (χ1) is 16.1. The minimum Gasteiger partial charge on any atom is -0.493 e. The van der Waals surface area contributed by atoms with Crippen LogP contribution in [0.3, 0.4) is 0 Å². The van der Waals surface area contributed by atoms with E-state index in [1.54, 1.807) is 14.2 Å². The Kier molecular flexibility index (Phi) is 7.43. The number of rotatable bonds is 9. The second-order valence-electron chi connectivity index (χ2n) is 7.47. The van der Waals surface area contributed by atoms with Gasteiger partial charge in [0.05, 0.1) is 21.3 Å². The summed E-state index contributed by atoms with van der Waals surface area (Å²) in [5.41, 5.74) is 4.46. The lowest BCUT2D eigenvalue weighted by atomic mass is 9.99. The zero-order chi connectivity index (χ0) is 23.2. The Morgan fingerprint density at radius 2 is 1.64 bits per heavy atom. The number of nitrogens with zero attached hydrogens (tertiary/aromatic N) is 4.